The molecule has 1 aliphatic rings. The summed E-state index contributed by atoms with van der Waals surface area (Å²) in [5.41, 5.74) is 5.43. The van der Waals surface area contributed by atoms with E-state index in [1.54, 1.807) is 0 Å². The maximum atomic E-state index is 11.4. The van der Waals surface area contributed by atoms with E-state index in [0.29, 0.717) is 19.1 Å². The van der Waals surface area contributed by atoms with E-state index in [4.69, 9.17) is 10.5 Å². The normalized spacial score (nSPS) is 15.8. The predicted octanol–water partition coefficient (Wildman–Crippen LogP) is 2.21. The summed E-state index contributed by atoms with van der Waals surface area (Å²) in [5.74, 6) is 0.547. The summed E-state index contributed by atoms with van der Waals surface area (Å²) in [7, 11) is 0. The molecule has 0 heterocycles. The summed E-state index contributed by atoms with van der Waals surface area (Å²) in [6.07, 6.45) is 2.86. The van der Waals surface area contributed by atoms with Gasteiger partial charge in [0.1, 0.15) is 5.75 Å². The first-order chi connectivity index (χ1) is 10.2. The minimum absolute atomic E-state index is 0.299. The molecule has 2 aromatic carbocycles. The number of ether oxygens (including phenoxy) is 1. The average Bonchev–Trinajstić information content (AvgIpc) is 3.30. The Hall–Kier alpha value is -2.07. The summed E-state index contributed by atoms with van der Waals surface area (Å²) in [5, 5.41) is 5.50. The van der Waals surface area contributed by atoms with Crippen molar-refractivity contribution in [2.45, 2.75) is 31.3 Å². The van der Waals surface area contributed by atoms with E-state index in [2.05, 4.69) is 17.4 Å². The van der Waals surface area contributed by atoms with Crippen LogP contribution in [-0.2, 0) is 4.79 Å². The van der Waals surface area contributed by atoms with Gasteiger partial charge >= 0.3 is 0 Å². The molecule has 0 aliphatic heterocycles. The number of nitrogens with two attached hydrogens (primary N) is 1. The van der Waals surface area contributed by atoms with Gasteiger partial charge in [-0.05, 0) is 24.3 Å². The monoisotopic (exact) mass is 284 g/mol. The molecule has 0 aromatic heterocycles. The molecule has 3 rings (SSSR count). The number of fused-ring (bicyclic) bond motifs is 1. The zero-order valence-corrected chi connectivity index (χ0v) is 11.9. The van der Waals surface area contributed by atoms with E-state index < -0.39 is 0 Å². The number of carbonyl (C=O) groups excluding carboxylic acids is 1. The van der Waals surface area contributed by atoms with Gasteiger partial charge in [0.15, 0.2) is 0 Å². The molecule has 1 amide bonds. The quantitative estimate of drug-likeness (QED) is 0.819. The third kappa shape index (κ3) is 3.52. The van der Waals surface area contributed by atoms with Crippen LogP contribution >= 0.6 is 0 Å². The van der Waals surface area contributed by atoms with Crippen LogP contribution in [0.5, 0.6) is 5.75 Å². The molecule has 0 bridgehead atoms. The molecule has 1 fully saturated rings. The first-order valence-electron chi connectivity index (χ1n) is 7.40. The highest BCUT2D eigenvalue weighted by Crippen LogP contribution is 2.25. The SMILES string of the molecule is NC(=O)C(CCOc1cccc2ccccc12)NC1CC1. The van der Waals surface area contributed by atoms with Crippen molar-refractivity contribution in [3.63, 3.8) is 0 Å². The Morgan fingerprint density at radius 1 is 1.24 bits per heavy atom. The molecule has 21 heavy (non-hydrogen) atoms. The van der Waals surface area contributed by atoms with E-state index in [9.17, 15) is 4.79 Å². The van der Waals surface area contributed by atoms with E-state index in [1.165, 1.54) is 0 Å². The van der Waals surface area contributed by atoms with Gasteiger partial charge in [-0.15, -0.1) is 0 Å². The zero-order chi connectivity index (χ0) is 14.7. The molecule has 1 atom stereocenters. The molecule has 110 valence electrons. The van der Waals surface area contributed by atoms with Crippen LogP contribution in [0.2, 0.25) is 0 Å². The molecule has 0 spiro atoms. The molecule has 4 heteroatoms. The van der Waals surface area contributed by atoms with Crippen LogP contribution in [0.3, 0.4) is 0 Å². The summed E-state index contributed by atoms with van der Waals surface area (Å²) < 4.78 is 5.85. The Morgan fingerprint density at radius 2 is 2.00 bits per heavy atom. The van der Waals surface area contributed by atoms with Gasteiger partial charge in [-0.1, -0.05) is 36.4 Å². The molecule has 0 radical (unpaired) electrons. The Labute approximate surface area is 124 Å². The van der Waals surface area contributed by atoms with Crippen molar-refractivity contribution in [2.24, 2.45) is 5.73 Å². The number of hydrogen-bond acceptors (Lipinski definition) is 3. The van der Waals surface area contributed by atoms with Crippen LogP contribution in [-0.4, -0.2) is 24.6 Å². The standard InChI is InChI=1S/C17H20N2O2/c18-17(20)15(19-13-8-9-13)10-11-21-16-7-3-5-12-4-1-2-6-14(12)16/h1-7,13,15,19H,8-11H2,(H2,18,20). The minimum Gasteiger partial charge on any atom is -0.493 e. The van der Waals surface area contributed by atoms with Crippen molar-refractivity contribution in [3.8, 4) is 5.75 Å². The third-order valence-corrected chi connectivity index (χ3v) is 3.77. The first-order valence-corrected chi connectivity index (χ1v) is 7.40. The fraction of sp³-hybridized carbons (Fsp3) is 0.353. The molecule has 0 saturated heterocycles. The van der Waals surface area contributed by atoms with Gasteiger partial charge in [0, 0.05) is 17.8 Å². The van der Waals surface area contributed by atoms with Crippen molar-refractivity contribution in [3.05, 3.63) is 42.5 Å². The van der Waals surface area contributed by atoms with E-state index in [0.717, 1.165) is 29.4 Å². The molecule has 1 unspecified atom stereocenters. The smallest absolute Gasteiger partial charge is 0.234 e. The topological polar surface area (TPSA) is 64.4 Å². The van der Waals surface area contributed by atoms with Crippen LogP contribution in [0.15, 0.2) is 42.5 Å². The molecule has 1 saturated carbocycles. The fourth-order valence-corrected chi connectivity index (χ4v) is 2.45. The molecular formula is C17H20N2O2. The fourth-order valence-electron chi connectivity index (χ4n) is 2.45. The van der Waals surface area contributed by atoms with E-state index >= 15 is 0 Å². The summed E-state index contributed by atoms with van der Waals surface area (Å²) in [4.78, 5) is 11.4. The van der Waals surface area contributed by atoms with Crippen molar-refractivity contribution in [2.75, 3.05) is 6.61 Å². The van der Waals surface area contributed by atoms with Gasteiger partial charge in [-0.3, -0.25) is 4.79 Å². The number of hydrogen-bond donors (Lipinski definition) is 2. The predicted molar refractivity (Wildman–Crippen MR) is 83.2 cm³/mol. The Morgan fingerprint density at radius 3 is 2.76 bits per heavy atom. The minimum atomic E-state index is -0.302. The lowest BCUT2D eigenvalue weighted by molar-refractivity contribution is -0.120. The lowest BCUT2D eigenvalue weighted by atomic mass is 10.1. The number of nitrogens with one attached hydrogen (secondary N) is 1. The largest absolute Gasteiger partial charge is 0.493 e. The van der Waals surface area contributed by atoms with E-state index in [-0.39, 0.29) is 11.9 Å². The van der Waals surface area contributed by atoms with Gasteiger partial charge in [0.25, 0.3) is 0 Å². The van der Waals surface area contributed by atoms with Crippen molar-refractivity contribution in [1.29, 1.82) is 0 Å². The highest BCUT2D eigenvalue weighted by atomic mass is 16.5. The summed E-state index contributed by atoms with van der Waals surface area (Å²) in [6.45, 7) is 0.474. The summed E-state index contributed by atoms with van der Waals surface area (Å²) in [6, 6.07) is 14.3. The lowest BCUT2D eigenvalue weighted by Gasteiger charge is -2.16. The van der Waals surface area contributed by atoms with E-state index in [1.807, 2.05) is 30.3 Å². The van der Waals surface area contributed by atoms with Gasteiger partial charge in [0.2, 0.25) is 5.91 Å². The van der Waals surface area contributed by atoms with Gasteiger partial charge in [-0.25, -0.2) is 0 Å². The molecule has 3 N–H and O–H groups in total. The number of benzene rings is 2. The second-order valence-electron chi connectivity index (χ2n) is 5.51. The zero-order valence-electron chi connectivity index (χ0n) is 11.9. The van der Waals surface area contributed by atoms with Gasteiger partial charge in [0.05, 0.1) is 12.6 Å². The van der Waals surface area contributed by atoms with Gasteiger partial charge < -0.3 is 15.8 Å². The Balaban J connectivity index is 1.61. The highest BCUT2D eigenvalue weighted by Gasteiger charge is 2.27. The summed E-state index contributed by atoms with van der Waals surface area (Å²) >= 11 is 0. The van der Waals surface area contributed by atoms with Crippen LogP contribution < -0.4 is 15.8 Å². The maximum absolute atomic E-state index is 11.4. The van der Waals surface area contributed by atoms with Crippen LogP contribution in [0.4, 0.5) is 0 Å². The molecule has 1 aliphatic carbocycles. The maximum Gasteiger partial charge on any atom is 0.234 e. The Kier molecular flexibility index (Phi) is 4.06. The molecular weight excluding hydrogens is 264 g/mol. The molecule has 2 aromatic rings. The lowest BCUT2D eigenvalue weighted by Crippen LogP contribution is -2.43. The van der Waals surface area contributed by atoms with Gasteiger partial charge in [-0.2, -0.15) is 0 Å². The van der Waals surface area contributed by atoms with Crippen LogP contribution in [0.25, 0.3) is 10.8 Å². The number of primary amides is 1. The molecule has 4 nitrogen and oxygen atoms in total. The second-order valence-corrected chi connectivity index (χ2v) is 5.51. The third-order valence-electron chi connectivity index (χ3n) is 3.77. The van der Waals surface area contributed by atoms with Crippen molar-refractivity contribution >= 4 is 16.7 Å². The number of amides is 1. The van der Waals surface area contributed by atoms with Crippen molar-refractivity contribution in [1.82, 2.24) is 5.32 Å². The second kappa shape index (κ2) is 6.14. The van der Waals surface area contributed by atoms with Crippen molar-refractivity contribution < 1.29 is 9.53 Å². The highest BCUT2D eigenvalue weighted by molar-refractivity contribution is 5.88. The average molecular weight is 284 g/mol. The van der Waals surface area contributed by atoms with Crippen LogP contribution in [0.1, 0.15) is 19.3 Å². The first kappa shape index (κ1) is 13.9. The number of carbonyl (C=O) groups is 1. The van der Waals surface area contributed by atoms with Crippen LogP contribution in [0, 0.1) is 0 Å². The Bertz CT molecular complexity index is 632. The number of rotatable bonds is 7.